The molecule has 2 atom stereocenters. The first kappa shape index (κ1) is 21.5. The number of hydrogen-bond donors (Lipinski definition) is 2. The minimum Gasteiger partial charge on any atom is -0.467 e. The van der Waals surface area contributed by atoms with Gasteiger partial charge in [-0.2, -0.15) is 0 Å². The molecule has 1 aromatic carbocycles. The number of nitrogens with one attached hydrogen (secondary N) is 2. The lowest BCUT2D eigenvalue weighted by molar-refractivity contribution is -0.123. The predicted molar refractivity (Wildman–Crippen MR) is 126 cm³/mol. The van der Waals surface area contributed by atoms with E-state index in [1.807, 2.05) is 25.1 Å². The third-order valence-corrected chi connectivity index (χ3v) is 6.27. The fraction of sp³-hybridized carbons (Fsp3) is 0.385. The molecule has 2 unspecified atom stereocenters. The van der Waals surface area contributed by atoms with Crippen molar-refractivity contribution in [3.63, 3.8) is 0 Å². The Morgan fingerprint density at radius 2 is 2.18 bits per heavy atom. The number of amides is 1. The number of nitrogens with zero attached hydrogens (tertiary/aromatic N) is 2. The van der Waals surface area contributed by atoms with E-state index in [9.17, 15) is 4.79 Å². The van der Waals surface area contributed by atoms with Crippen molar-refractivity contribution in [3.8, 4) is 0 Å². The van der Waals surface area contributed by atoms with E-state index in [4.69, 9.17) is 8.94 Å². The lowest BCUT2D eigenvalue weighted by Gasteiger charge is -2.25. The van der Waals surface area contributed by atoms with E-state index < -0.39 is 0 Å². The van der Waals surface area contributed by atoms with Crippen molar-refractivity contribution in [3.05, 3.63) is 77.2 Å². The normalized spacial score (nSPS) is 18.1. The van der Waals surface area contributed by atoms with Gasteiger partial charge in [-0.1, -0.05) is 31.1 Å². The van der Waals surface area contributed by atoms with Gasteiger partial charge in [-0.25, -0.2) is 0 Å². The molecule has 0 spiro atoms. The summed E-state index contributed by atoms with van der Waals surface area (Å²) in [5.41, 5.74) is 4.49. The Morgan fingerprint density at radius 3 is 2.91 bits per heavy atom. The molecular formula is C26H30N4O3. The SMILES string of the molecule is Cc1cc(Cn2cc3c4c(cccc42)C(CC(C)C)NC(C(=O)NCc2ccco2)C3)no1. The molecule has 4 heterocycles. The van der Waals surface area contributed by atoms with Crippen LogP contribution in [0.4, 0.5) is 0 Å². The van der Waals surface area contributed by atoms with E-state index in [0.717, 1.165) is 29.2 Å². The fourth-order valence-electron chi connectivity index (χ4n) is 4.87. The van der Waals surface area contributed by atoms with Crippen molar-refractivity contribution in [2.45, 2.75) is 58.8 Å². The zero-order chi connectivity index (χ0) is 22.9. The topological polar surface area (TPSA) is 85.2 Å². The Labute approximate surface area is 193 Å². The van der Waals surface area contributed by atoms with Gasteiger partial charge in [-0.05, 0) is 55.0 Å². The van der Waals surface area contributed by atoms with Crippen molar-refractivity contribution in [2.24, 2.45) is 5.92 Å². The highest BCUT2D eigenvalue weighted by Gasteiger charge is 2.31. The van der Waals surface area contributed by atoms with E-state index >= 15 is 0 Å². The van der Waals surface area contributed by atoms with Crippen LogP contribution in [0.25, 0.3) is 10.9 Å². The van der Waals surface area contributed by atoms with Crippen LogP contribution in [0.1, 0.15) is 54.7 Å². The first-order chi connectivity index (χ1) is 16.0. The molecule has 5 rings (SSSR count). The number of carbonyl (C=O) groups is 1. The predicted octanol–water partition coefficient (Wildman–Crippen LogP) is 4.50. The average molecular weight is 447 g/mol. The van der Waals surface area contributed by atoms with Gasteiger partial charge in [0.15, 0.2) is 0 Å². The number of aryl methyl sites for hydroxylation is 1. The lowest BCUT2D eigenvalue weighted by atomic mass is 9.94. The van der Waals surface area contributed by atoms with Gasteiger partial charge in [-0.3, -0.25) is 10.1 Å². The van der Waals surface area contributed by atoms with Crippen LogP contribution in [0, 0.1) is 12.8 Å². The molecule has 172 valence electrons. The molecule has 3 aromatic heterocycles. The Kier molecular flexibility index (Phi) is 5.81. The number of benzene rings is 1. The summed E-state index contributed by atoms with van der Waals surface area (Å²) in [6.45, 7) is 7.36. The molecule has 7 nitrogen and oxygen atoms in total. The highest BCUT2D eigenvalue weighted by molar-refractivity contribution is 5.90. The quantitative estimate of drug-likeness (QED) is 0.437. The summed E-state index contributed by atoms with van der Waals surface area (Å²) in [6.07, 6.45) is 5.37. The van der Waals surface area contributed by atoms with E-state index in [1.165, 1.54) is 16.5 Å². The Morgan fingerprint density at radius 1 is 1.30 bits per heavy atom. The Hall–Kier alpha value is -3.32. The molecule has 4 aromatic rings. The molecule has 1 amide bonds. The van der Waals surface area contributed by atoms with Crippen LogP contribution in [-0.4, -0.2) is 21.7 Å². The van der Waals surface area contributed by atoms with Gasteiger partial charge in [0.05, 0.1) is 25.4 Å². The molecule has 7 heteroatoms. The Balaban J connectivity index is 1.49. The third kappa shape index (κ3) is 4.46. The summed E-state index contributed by atoms with van der Waals surface area (Å²) in [7, 11) is 0. The largest absolute Gasteiger partial charge is 0.467 e. The van der Waals surface area contributed by atoms with Crippen molar-refractivity contribution in [1.82, 2.24) is 20.4 Å². The molecule has 1 aliphatic heterocycles. The summed E-state index contributed by atoms with van der Waals surface area (Å²) in [5, 5.41) is 12.1. The van der Waals surface area contributed by atoms with Crippen LogP contribution >= 0.6 is 0 Å². The van der Waals surface area contributed by atoms with E-state index in [1.54, 1.807) is 6.26 Å². The number of carbonyl (C=O) groups excluding carboxylic acids is 1. The van der Waals surface area contributed by atoms with Crippen molar-refractivity contribution >= 4 is 16.8 Å². The molecular weight excluding hydrogens is 416 g/mol. The second-order valence-electron chi connectivity index (χ2n) is 9.36. The third-order valence-electron chi connectivity index (χ3n) is 6.27. The van der Waals surface area contributed by atoms with Gasteiger partial charge in [0.2, 0.25) is 5.91 Å². The summed E-state index contributed by atoms with van der Waals surface area (Å²) in [5.74, 6) is 2.03. The summed E-state index contributed by atoms with van der Waals surface area (Å²) >= 11 is 0. The number of rotatable bonds is 7. The van der Waals surface area contributed by atoms with E-state index in [0.29, 0.717) is 25.4 Å². The second-order valence-corrected chi connectivity index (χ2v) is 9.36. The molecule has 0 saturated heterocycles. The monoisotopic (exact) mass is 446 g/mol. The average Bonchev–Trinajstić information content (AvgIpc) is 3.50. The maximum atomic E-state index is 13.2. The van der Waals surface area contributed by atoms with Gasteiger partial charge < -0.3 is 18.8 Å². The van der Waals surface area contributed by atoms with E-state index in [-0.39, 0.29) is 18.0 Å². The zero-order valence-corrected chi connectivity index (χ0v) is 19.3. The summed E-state index contributed by atoms with van der Waals surface area (Å²) in [6, 6.07) is 11.9. The first-order valence-electron chi connectivity index (χ1n) is 11.6. The second kappa shape index (κ2) is 8.90. The zero-order valence-electron chi connectivity index (χ0n) is 19.3. The Bertz CT molecular complexity index is 1250. The van der Waals surface area contributed by atoms with E-state index in [2.05, 4.69) is 58.6 Å². The maximum absolute atomic E-state index is 13.2. The standard InChI is InChI=1S/C26H30N4O3/c1-16(2)10-22-21-7-4-8-24-25(21)18(14-30(24)15-19-11-17(3)33-29-19)12-23(28-22)26(31)27-13-20-6-5-9-32-20/h4-9,11,14,16,22-23,28H,10,12-13,15H2,1-3H3,(H,27,31). The molecule has 33 heavy (non-hydrogen) atoms. The highest BCUT2D eigenvalue weighted by atomic mass is 16.5. The molecule has 0 aliphatic carbocycles. The fourth-order valence-corrected chi connectivity index (χ4v) is 4.87. The minimum atomic E-state index is -0.329. The van der Waals surface area contributed by atoms with Crippen LogP contribution in [0.3, 0.4) is 0 Å². The van der Waals surface area contributed by atoms with Crippen LogP contribution in [0.15, 0.2) is 57.8 Å². The van der Waals surface area contributed by atoms with Crippen LogP contribution in [0.5, 0.6) is 0 Å². The number of aromatic nitrogens is 2. The molecule has 0 saturated carbocycles. The van der Waals surface area contributed by atoms with Gasteiger partial charge in [0, 0.05) is 29.2 Å². The molecule has 0 bridgehead atoms. The van der Waals surface area contributed by atoms with Gasteiger partial charge in [-0.15, -0.1) is 0 Å². The van der Waals surface area contributed by atoms with Crippen molar-refractivity contribution < 1.29 is 13.7 Å². The molecule has 1 aliphatic rings. The highest BCUT2D eigenvalue weighted by Crippen LogP contribution is 2.36. The van der Waals surface area contributed by atoms with Crippen LogP contribution in [-0.2, 0) is 24.3 Å². The molecule has 2 N–H and O–H groups in total. The summed E-state index contributed by atoms with van der Waals surface area (Å²) in [4.78, 5) is 13.2. The first-order valence-corrected chi connectivity index (χ1v) is 11.6. The van der Waals surface area contributed by atoms with Gasteiger partial charge in [0.25, 0.3) is 0 Å². The lowest BCUT2D eigenvalue weighted by Crippen LogP contribution is -2.46. The minimum absolute atomic E-state index is 0.0130. The van der Waals surface area contributed by atoms with Gasteiger partial charge in [0.1, 0.15) is 17.2 Å². The van der Waals surface area contributed by atoms with Crippen molar-refractivity contribution in [2.75, 3.05) is 0 Å². The van der Waals surface area contributed by atoms with Crippen LogP contribution < -0.4 is 10.6 Å². The number of hydrogen-bond acceptors (Lipinski definition) is 5. The number of furan rings is 1. The smallest absolute Gasteiger partial charge is 0.237 e. The molecule has 0 fully saturated rings. The van der Waals surface area contributed by atoms with Gasteiger partial charge >= 0.3 is 0 Å². The van der Waals surface area contributed by atoms with Crippen LogP contribution in [0.2, 0.25) is 0 Å². The summed E-state index contributed by atoms with van der Waals surface area (Å²) < 4.78 is 12.9. The van der Waals surface area contributed by atoms with Crippen molar-refractivity contribution in [1.29, 1.82) is 0 Å². The maximum Gasteiger partial charge on any atom is 0.237 e. The molecule has 0 radical (unpaired) electrons.